The molecule has 6 heteroatoms. The lowest BCUT2D eigenvalue weighted by molar-refractivity contribution is -0.136. The Morgan fingerprint density at radius 1 is 1.08 bits per heavy atom. The van der Waals surface area contributed by atoms with E-state index >= 15 is 0 Å². The number of fused-ring (bicyclic) bond motifs is 2. The van der Waals surface area contributed by atoms with Gasteiger partial charge in [0.25, 0.3) is 0 Å². The van der Waals surface area contributed by atoms with E-state index in [2.05, 4.69) is 15.2 Å². The van der Waals surface area contributed by atoms with Gasteiger partial charge in [-0.25, -0.2) is 4.98 Å². The van der Waals surface area contributed by atoms with Crippen LogP contribution in [0.4, 0.5) is 11.5 Å². The molecule has 0 saturated heterocycles. The highest BCUT2D eigenvalue weighted by Gasteiger charge is 2.15. The summed E-state index contributed by atoms with van der Waals surface area (Å²) in [6.07, 6.45) is 1.68. The number of pyridine rings is 1. The molecule has 0 aliphatic rings. The van der Waals surface area contributed by atoms with Crippen molar-refractivity contribution in [2.24, 2.45) is 10.2 Å². The summed E-state index contributed by atoms with van der Waals surface area (Å²) in [5.41, 5.74) is 2.80. The highest BCUT2D eigenvalue weighted by Crippen LogP contribution is 2.29. The van der Waals surface area contributed by atoms with Gasteiger partial charge in [-0.05, 0) is 30.0 Å². The second-order valence-electron chi connectivity index (χ2n) is 6.09. The van der Waals surface area contributed by atoms with E-state index in [1.807, 2.05) is 67.7 Å². The molecule has 0 bridgehead atoms. The number of azo groups is 1. The molecular formula is C20H16N4O2. The molecule has 128 valence electrons. The molecule has 26 heavy (non-hydrogen) atoms. The normalized spacial score (nSPS) is 11.6. The third kappa shape index (κ3) is 2.93. The van der Waals surface area contributed by atoms with Crippen molar-refractivity contribution in [3.63, 3.8) is 0 Å². The Bertz CT molecular complexity index is 1160. The van der Waals surface area contributed by atoms with Crippen LogP contribution in [0.5, 0.6) is 0 Å². The third-order valence-electron chi connectivity index (χ3n) is 4.15. The van der Waals surface area contributed by atoms with Gasteiger partial charge in [0.05, 0.1) is 17.8 Å². The third-order valence-corrected chi connectivity index (χ3v) is 4.15. The average molecular weight is 344 g/mol. The van der Waals surface area contributed by atoms with Gasteiger partial charge in [-0.2, -0.15) is 0 Å². The maximum Gasteiger partial charge on any atom is 0.309 e. The maximum atomic E-state index is 11.2. The standard InChI is InChI=1S/C20H16N4O2/c1-13-9-10-18-21-17(11-19(25)26)20(24(18)12-13)23-22-16-8-4-6-14-5-2-3-7-15(14)16/h2-10,12H,11H2,1H3,(H,25,26). The molecule has 4 aromatic rings. The van der Waals surface area contributed by atoms with E-state index < -0.39 is 5.97 Å². The number of imidazole rings is 1. The van der Waals surface area contributed by atoms with E-state index in [4.69, 9.17) is 0 Å². The number of carbonyl (C=O) groups is 1. The van der Waals surface area contributed by atoms with Crippen LogP contribution in [0.25, 0.3) is 16.4 Å². The molecule has 1 N–H and O–H groups in total. The zero-order chi connectivity index (χ0) is 18.1. The molecule has 0 radical (unpaired) electrons. The van der Waals surface area contributed by atoms with Crippen LogP contribution in [-0.4, -0.2) is 20.5 Å². The molecule has 6 nitrogen and oxygen atoms in total. The molecule has 0 amide bonds. The molecule has 0 unspecified atom stereocenters. The van der Waals surface area contributed by atoms with Gasteiger partial charge in [0.2, 0.25) is 0 Å². The van der Waals surface area contributed by atoms with Crippen LogP contribution < -0.4 is 0 Å². The van der Waals surface area contributed by atoms with Crippen molar-refractivity contribution in [2.45, 2.75) is 13.3 Å². The molecule has 0 spiro atoms. The molecule has 0 aliphatic heterocycles. The quantitative estimate of drug-likeness (QED) is 0.538. The highest BCUT2D eigenvalue weighted by atomic mass is 16.4. The maximum absolute atomic E-state index is 11.2. The molecule has 2 heterocycles. The van der Waals surface area contributed by atoms with Crippen LogP contribution in [0.15, 0.2) is 71.0 Å². The fourth-order valence-corrected chi connectivity index (χ4v) is 2.95. The number of nitrogens with zero attached hydrogens (tertiary/aromatic N) is 4. The van der Waals surface area contributed by atoms with Crippen molar-refractivity contribution in [1.29, 1.82) is 0 Å². The number of benzene rings is 2. The van der Waals surface area contributed by atoms with Crippen molar-refractivity contribution in [2.75, 3.05) is 0 Å². The Kier molecular flexibility index (Phi) is 3.93. The first-order valence-electron chi connectivity index (χ1n) is 8.21. The lowest BCUT2D eigenvalue weighted by atomic mass is 10.1. The predicted octanol–water partition coefficient (Wildman–Crippen LogP) is 4.84. The molecule has 2 aromatic heterocycles. The Balaban J connectivity index is 1.86. The first kappa shape index (κ1) is 16.0. The van der Waals surface area contributed by atoms with Crippen LogP contribution in [0.1, 0.15) is 11.3 Å². The minimum absolute atomic E-state index is 0.204. The summed E-state index contributed by atoms with van der Waals surface area (Å²) in [5, 5.41) is 20.0. The van der Waals surface area contributed by atoms with Gasteiger partial charge in [-0.1, -0.05) is 42.5 Å². The zero-order valence-corrected chi connectivity index (χ0v) is 14.1. The number of aromatic nitrogens is 2. The van der Waals surface area contributed by atoms with Crippen molar-refractivity contribution in [3.05, 3.63) is 72.1 Å². The molecule has 2 aromatic carbocycles. The predicted molar refractivity (Wildman–Crippen MR) is 99.4 cm³/mol. The summed E-state index contributed by atoms with van der Waals surface area (Å²) in [6, 6.07) is 17.5. The van der Waals surface area contributed by atoms with Crippen LogP contribution >= 0.6 is 0 Å². The topological polar surface area (TPSA) is 79.3 Å². The summed E-state index contributed by atoms with van der Waals surface area (Å²) >= 11 is 0. The van der Waals surface area contributed by atoms with E-state index in [1.165, 1.54) is 0 Å². The minimum atomic E-state index is -0.952. The van der Waals surface area contributed by atoms with Crippen LogP contribution in [0, 0.1) is 6.92 Å². The lowest BCUT2D eigenvalue weighted by Crippen LogP contribution is -2.00. The fraction of sp³-hybridized carbons (Fsp3) is 0.100. The average Bonchev–Trinajstić information content (AvgIpc) is 2.95. The lowest BCUT2D eigenvalue weighted by Gasteiger charge is -2.01. The monoisotopic (exact) mass is 344 g/mol. The molecular weight excluding hydrogens is 328 g/mol. The first-order valence-corrected chi connectivity index (χ1v) is 8.21. The summed E-state index contributed by atoms with van der Waals surface area (Å²) in [5.74, 6) is -0.509. The van der Waals surface area contributed by atoms with Crippen LogP contribution in [0.3, 0.4) is 0 Å². The second-order valence-corrected chi connectivity index (χ2v) is 6.09. The summed E-state index contributed by atoms with van der Waals surface area (Å²) in [7, 11) is 0. The molecule has 0 atom stereocenters. The van der Waals surface area contributed by atoms with Gasteiger partial charge in [-0.3, -0.25) is 9.20 Å². The van der Waals surface area contributed by atoms with Gasteiger partial charge in [0.1, 0.15) is 5.65 Å². The summed E-state index contributed by atoms with van der Waals surface area (Å²) < 4.78 is 1.78. The van der Waals surface area contributed by atoms with Crippen molar-refractivity contribution in [1.82, 2.24) is 9.38 Å². The van der Waals surface area contributed by atoms with Gasteiger partial charge >= 0.3 is 5.97 Å². The molecule has 0 fully saturated rings. The highest BCUT2D eigenvalue weighted by molar-refractivity contribution is 5.92. The Morgan fingerprint density at radius 2 is 1.88 bits per heavy atom. The SMILES string of the molecule is Cc1ccc2nc(CC(=O)O)c(N=Nc3cccc4ccccc34)n2c1. The molecule has 4 rings (SSSR count). The van der Waals surface area contributed by atoms with E-state index in [9.17, 15) is 9.90 Å². The van der Waals surface area contributed by atoms with Gasteiger partial charge in [0, 0.05) is 11.6 Å². The van der Waals surface area contributed by atoms with Crippen LogP contribution in [-0.2, 0) is 11.2 Å². The number of aryl methyl sites for hydroxylation is 1. The minimum Gasteiger partial charge on any atom is -0.481 e. The number of hydrogen-bond donors (Lipinski definition) is 1. The second kappa shape index (κ2) is 6.40. The number of carboxylic acids is 1. The van der Waals surface area contributed by atoms with Gasteiger partial charge in [0.15, 0.2) is 5.82 Å². The Morgan fingerprint density at radius 3 is 2.73 bits per heavy atom. The van der Waals surface area contributed by atoms with E-state index in [0.717, 1.165) is 22.0 Å². The van der Waals surface area contributed by atoms with E-state index in [0.29, 0.717) is 17.2 Å². The van der Waals surface area contributed by atoms with E-state index in [-0.39, 0.29) is 6.42 Å². The smallest absolute Gasteiger partial charge is 0.309 e. The number of hydrogen-bond acceptors (Lipinski definition) is 4. The molecule has 0 saturated carbocycles. The Labute approximate surface area is 149 Å². The number of carboxylic acid groups (broad SMARTS) is 1. The fourth-order valence-electron chi connectivity index (χ4n) is 2.95. The van der Waals surface area contributed by atoms with Crippen molar-refractivity contribution < 1.29 is 9.90 Å². The van der Waals surface area contributed by atoms with Crippen LogP contribution in [0.2, 0.25) is 0 Å². The number of aliphatic carboxylic acids is 1. The first-order chi connectivity index (χ1) is 12.6. The largest absolute Gasteiger partial charge is 0.481 e. The van der Waals surface area contributed by atoms with Gasteiger partial charge < -0.3 is 5.11 Å². The van der Waals surface area contributed by atoms with Crippen molar-refractivity contribution >= 4 is 33.9 Å². The summed E-state index contributed by atoms with van der Waals surface area (Å²) in [6.45, 7) is 1.96. The number of rotatable bonds is 4. The Hall–Kier alpha value is -3.54. The zero-order valence-electron chi connectivity index (χ0n) is 14.1. The van der Waals surface area contributed by atoms with Crippen molar-refractivity contribution in [3.8, 4) is 0 Å². The summed E-state index contributed by atoms with van der Waals surface area (Å²) in [4.78, 5) is 15.6. The molecule has 0 aliphatic carbocycles. The van der Waals surface area contributed by atoms with Gasteiger partial charge in [-0.15, -0.1) is 10.2 Å². The van der Waals surface area contributed by atoms with E-state index in [1.54, 1.807) is 4.40 Å².